The first-order valence-electron chi connectivity index (χ1n) is 5.82. The summed E-state index contributed by atoms with van der Waals surface area (Å²) in [5, 5.41) is 8.89. The maximum Gasteiger partial charge on any atom is 0.311 e. The lowest BCUT2D eigenvalue weighted by Gasteiger charge is -2.23. The van der Waals surface area contributed by atoms with E-state index in [9.17, 15) is 13.6 Å². The van der Waals surface area contributed by atoms with E-state index in [1.807, 2.05) is 0 Å². The number of aromatic nitrogens is 3. The molecule has 0 unspecified atom stereocenters. The van der Waals surface area contributed by atoms with Crippen molar-refractivity contribution >= 4 is 32.9 Å². The average molecular weight is 348 g/mol. The van der Waals surface area contributed by atoms with Gasteiger partial charge in [0.1, 0.15) is 22.4 Å². The van der Waals surface area contributed by atoms with E-state index in [1.165, 1.54) is 17.7 Å². The van der Waals surface area contributed by atoms with Gasteiger partial charge in [0, 0.05) is 6.92 Å². The Bertz CT molecular complexity index is 667. The average Bonchev–Trinajstić information content (AvgIpc) is 2.63. The summed E-state index contributed by atoms with van der Waals surface area (Å²) in [6.45, 7) is 2.13. The molecule has 0 radical (unpaired) electrons. The van der Waals surface area contributed by atoms with Crippen LogP contribution >= 0.6 is 15.9 Å². The maximum atomic E-state index is 13.6. The predicted molar refractivity (Wildman–Crippen MR) is 71.9 cm³/mol. The van der Waals surface area contributed by atoms with E-state index in [-0.39, 0.29) is 5.82 Å². The van der Waals surface area contributed by atoms with Crippen LogP contribution in [0.4, 0.5) is 8.78 Å². The molecule has 0 aliphatic carbocycles. The van der Waals surface area contributed by atoms with Crippen LogP contribution in [0.5, 0.6) is 0 Å². The van der Waals surface area contributed by atoms with E-state index in [4.69, 9.17) is 5.11 Å². The molecule has 2 aromatic heterocycles. The van der Waals surface area contributed by atoms with Gasteiger partial charge >= 0.3 is 5.97 Å². The van der Waals surface area contributed by atoms with E-state index in [0.717, 1.165) is 6.92 Å². The number of halogens is 3. The molecule has 0 amide bonds. The third kappa shape index (κ3) is 2.79. The molecule has 2 aromatic rings. The second-order valence-electron chi connectivity index (χ2n) is 4.60. The van der Waals surface area contributed by atoms with Crippen molar-refractivity contribution in [3.63, 3.8) is 0 Å². The number of nitrogens with zero attached hydrogens (tertiary/aromatic N) is 3. The first-order valence-corrected chi connectivity index (χ1v) is 6.61. The smallest absolute Gasteiger partial charge is 0.311 e. The van der Waals surface area contributed by atoms with Crippen LogP contribution in [0.2, 0.25) is 0 Å². The Kier molecular flexibility index (Phi) is 3.77. The lowest BCUT2D eigenvalue weighted by atomic mass is 10.2. The number of rotatable bonds is 4. The number of alkyl halides is 2. The van der Waals surface area contributed by atoms with Gasteiger partial charge in [0.05, 0.1) is 17.8 Å². The van der Waals surface area contributed by atoms with Crippen molar-refractivity contribution < 1.29 is 18.7 Å². The van der Waals surface area contributed by atoms with Gasteiger partial charge in [-0.25, -0.2) is 18.7 Å². The first-order chi connectivity index (χ1) is 9.20. The summed E-state index contributed by atoms with van der Waals surface area (Å²) >= 11 is 3.17. The molecule has 2 rings (SSSR count). The number of pyridine rings is 1. The van der Waals surface area contributed by atoms with Gasteiger partial charge in [-0.15, -0.1) is 0 Å². The molecule has 2 heterocycles. The standard InChI is InChI=1S/C12H12BrF2N3O2/c1-6(12(2,14)15)18-8-3-9(13)16-5-7(8)17-10(18)4-11(19)20/h3,5-6H,4H2,1-2H3,(H,19,20)/t6-/m0/s1. The highest BCUT2D eigenvalue weighted by molar-refractivity contribution is 9.10. The minimum absolute atomic E-state index is 0.0847. The van der Waals surface area contributed by atoms with E-state index >= 15 is 0 Å². The van der Waals surface area contributed by atoms with Crippen molar-refractivity contribution in [3.8, 4) is 0 Å². The highest BCUT2D eigenvalue weighted by atomic mass is 79.9. The van der Waals surface area contributed by atoms with E-state index in [0.29, 0.717) is 15.6 Å². The number of hydrogen-bond acceptors (Lipinski definition) is 3. The van der Waals surface area contributed by atoms with E-state index in [1.54, 1.807) is 6.07 Å². The molecule has 0 aliphatic rings. The van der Waals surface area contributed by atoms with Crippen LogP contribution in [0, 0.1) is 0 Å². The van der Waals surface area contributed by atoms with Gasteiger partial charge in [-0.05, 0) is 28.9 Å². The van der Waals surface area contributed by atoms with Gasteiger partial charge in [0.25, 0.3) is 5.92 Å². The number of carbonyl (C=O) groups is 1. The Balaban J connectivity index is 2.69. The second kappa shape index (κ2) is 5.08. The van der Waals surface area contributed by atoms with Gasteiger partial charge < -0.3 is 9.67 Å². The molecule has 0 bridgehead atoms. The molecule has 1 atom stereocenters. The number of carboxylic acids is 1. The van der Waals surface area contributed by atoms with Gasteiger partial charge in [-0.2, -0.15) is 0 Å². The molecule has 8 heteroatoms. The summed E-state index contributed by atoms with van der Waals surface area (Å²) in [5.74, 6) is -4.04. The Morgan fingerprint density at radius 3 is 2.80 bits per heavy atom. The van der Waals surface area contributed by atoms with Crippen LogP contribution in [0.25, 0.3) is 11.0 Å². The highest BCUT2D eigenvalue weighted by Crippen LogP contribution is 2.33. The third-order valence-electron chi connectivity index (χ3n) is 3.05. The Morgan fingerprint density at radius 1 is 1.60 bits per heavy atom. The molecular weight excluding hydrogens is 336 g/mol. The Labute approximate surface area is 121 Å². The van der Waals surface area contributed by atoms with Crippen molar-refractivity contribution in [1.82, 2.24) is 14.5 Å². The fourth-order valence-corrected chi connectivity index (χ4v) is 2.26. The number of fused-ring (bicyclic) bond motifs is 1. The molecule has 20 heavy (non-hydrogen) atoms. The zero-order valence-electron chi connectivity index (χ0n) is 10.8. The van der Waals surface area contributed by atoms with Crippen molar-refractivity contribution in [2.24, 2.45) is 0 Å². The number of aliphatic carboxylic acids is 1. The predicted octanol–water partition coefficient (Wildman–Crippen LogP) is 3.04. The van der Waals surface area contributed by atoms with Gasteiger partial charge in [-0.3, -0.25) is 4.79 Å². The third-order valence-corrected chi connectivity index (χ3v) is 3.48. The summed E-state index contributed by atoms with van der Waals surface area (Å²) in [4.78, 5) is 18.9. The zero-order chi connectivity index (χ0) is 15.1. The Hall–Kier alpha value is -1.57. The lowest BCUT2D eigenvalue weighted by molar-refractivity contribution is -0.136. The summed E-state index contributed by atoms with van der Waals surface area (Å²) < 4.78 is 28.9. The van der Waals surface area contributed by atoms with Gasteiger partial charge in [-0.1, -0.05) is 0 Å². The monoisotopic (exact) mass is 347 g/mol. The topological polar surface area (TPSA) is 68.0 Å². The van der Waals surface area contributed by atoms with Crippen LogP contribution < -0.4 is 0 Å². The first kappa shape index (κ1) is 14.8. The zero-order valence-corrected chi connectivity index (χ0v) is 12.4. The summed E-state index contributed by atoms with van der Waals surface area (Å²) in [6, 6.07) is 0.340. The Morgan fingerprint density at radius 2 is 2.25 bits per heavy atom. The normalized spacial score (nSPS) is 13.7. The van der Waals surface area contributed by atoms with E-state index in [2.05, 4.69) is 25.9 Å². The molecule has 1 N–H and O–H groups in total. The fraction of sp³-hybridized carbons (Fsp3) is 0.417. The molecule has 0 aromatic carbocycles. The fourth-order valence-electron chi connectivity index (χ4n) is 1.94. The SMILES string of the molecule is C[C@H](n1c(CC(=O)O)nc2cnc(Br)cc21)C(C)(F)F. The molecular formula is C12H12BrF2N3O2. The molecule has 0 fully saturated rings. The van der Waals surface area contributed by atoms with E-state index < -0.39 is 24.4 Å². The van der Waals surface area contributed by atoms with Crippen LogP contribution in [0.15, 0.2) is 16.9 Å². The minimum Gasteiger partial charge on any atom is -0.481 e. The van der Waals surface area contributed by atoms with Gasteiger partial charge in [0.15, 0.2) is 0 Å². The summed E-state index contributed by atoms with van der Waals surface area (Å²) in [6.07, 6.45) is 0.995. The van der Waals surface area contributed by atoms with Crippen LogP contribution in [-0.2, 0) is 11.2 Å². The van der Waals surface area contributed by atoms with Crippen molar-refractivity contribution in [2.45, 2.75) is 32.2 Å². The molecule has 5 nitrogen and oxygen atoms in total. The van der Waals surface area contributed by atoms with Gasteiger partial charge in [0.2, 0.25) is 0 Å². The second-order valence-corrected chi connectivity index (χ2v) is 5.41. The number of hydrogen-bond donors (Lipinski definition) is 1. The molecule has 0 saturated heterocycles. The largest absolute Gasteiger partial charge is 0.481 e. The van der Waals surface area contributed by atoms with Crippen molar-refractivity contribution in [2.75, 3.05) is 0 Å². The quantitative estimate of drug-likeness (QED) is 0.863. The summed E-state index contributed by atoms with van der Waals surface area (Å²) in [7, 11) is 0. The van der Waals surface area contributed by atoms with Crippen LogP contribution in [0.3, 0.4) is 0 Å². The van der Waals surface area contributed by atoms with Crippen LogP contribution in [-0.4, -0.2) is 31.5 Å². The number of carboxylic acid groups (broad SMARTS) is 1. The highest BCUT2D eigenvalue weighted by Gasteiger charge is 2.34. The lowest BCUT2D eigenvalue weighted by Crippen LogP contribution is -2.27. The van der Waals surface area contributed by atoms with Crippen molar-refractivity contribution in [1.29, 1.82) is 0 Å². The maximum absolute atomic E-state index is 13.6. The van der Waals surface area contributed by atoms with Crippen molar-refractivity contribution in [3.05, 3.63) is 22.7 Å². The molecule has 0 saturated carbocycles. The molecule has 108 valence electrons. The molecule has 0 spiro atoms. The summed E-state index contributed by atoms with van der Waals surface area (Å²) in [5.41, 5.74) is 0.817. The number of imidazole rings is 1. The molecule has 0 aliphatic heterocycles. The minimum atomic E-state index is -3.00. The van der Waals surface area contributed by atoms with Crippen LogP contribution in [0.1, 0.15) is 25.7 Å².